The van der Waals surface area contributed by atoms with Crippen molar-refractivity contribution in [1.82, 2.24) is 9.55 Å². The summed E-state index contributed by atoms with van der Waals surface area (Å²) in [6.07, 6.45) is 2.37. The number of methoxy groups -OCH3 is 1. The lowest BCUT2D eigenvalue weighted by Crippen LogP contribution is -2.31. The van der Waals surface area contributed by atoms with Gasteiger partial charge in [0.05, 0.1) is 24.5 Å². The number of thiophene rings is 1. The third-order valence-electron chi connectivity index (χ3n) is 5.41. The Kier molecular flexibility index (Phi) is 6.30. The molecule has 1 unspecified atom stereocenters. The van der Waals surface area contributed by atoms with Crippen molar-refractivity contribution in [2.24, 2.45) is 0 Å². The molecule has 0 saturated carbocycles. The minimum absolute atomic E-state index is 0.258. The number of amides is 1. The smallest absolute Gasteiger partial charge is 0.263 e. The molecule has 6 nitrogen and oxygen atoms in total. The first kappa shape index (κ1) is 22.0. The molecule has 0 aliphatic heterocycles. The van der Waals surface area contributed by atoms with Crippen LogP contribution in [0.4, 0.5) is 5.69 Å². The molecule has 32 heavy (non-hydrogen) atoms. The van der Waals surface area contributed by atoms with Gasteiger partial charge >= 0.3 is 0 Å². The van der Waals surface area contributed by atoms with Crippen LogP contribution in [0.5, 0.6) is 5.75 Å². The van der Waals surface area contributed by atoms with Crippen LogP contribution in [0.2, 0.25) is 5.02 Å². The predicted molar refractivity (Wildman–Crippen MR) is 130 cm³/mol. The Morgan fingerprint density at radius 2 is 2.00 bits per heavy atom. The first-order valence-electron chi connectivity index (χ1n) is 10.1. The second-order valence-electron chi connectivity index (χ2n) is 7.35. The second kappa shape index (κ2) is 9.14. The average molecular weight is 468 g/mol. The normalized spacial score (nSPS) is 12.0. The highest BCUT2D eigenvalue weighted by molar-refractivity contribution is 7.17. The van der Waals surface area contributed by atoms with Gasteiger partial charge in [0.2, 0.25) is 5.91 Å². The van der Waals surface area contributed by atoms with Crippen LogP contribution in [0.3, 0.4) is 0 Å². The number of nitrogens with one attached hydrogen (secondary N) is 1. The van der Waals surface area contributed by atoms with Crippen LogP contribution in [0.15, 0.2) is 59.0 Å². The topological polar surface area (TPSA) is 73.2 Å². The number of halogens is 1. The molecule has 0 radical (unpaired) electrons. The van der Waals surface area contributed by atoms with E-state index in [0.29, 0.717) is 26.7 Å². The van der Waals surface area contributed by atoms with Crippen LogP contribution in [0.25, 0.3) is 21.3 Å². The molecule has 0 aliphatic carbocycles. The molecule has 0 spiro atoms. The Morgan fingerprint density at radius 1 is 1.25 bits per heavy atom. The summed E-state index contributed by atoms with van der Waals surface area (Å²) in [7, 11) is 1.51. The van der Waals surface area contributed by atoms with Crippen molar-refractivity contribution >= 4 is 44.7 Å². The van der Waals surface area contributed by atoms with Crippen molar-refractivity contribution < 1.29 is 9.53 Å². The molecule has 8 heteroatoms. The zero-order valence-corrected chi connectivity index (χ0v) is 19.5. The second-order valence-corrected chi connectivity index (χ2v) is 8.64. The Hall–Kier alpha value is -3.16. The molecule has 4 aromatic rings. The molecular weight excluding hydrogens is 446 g/mol. The monoisotopic (exact) mass is 467 g/mol. The van der Waals surface area contributed by atoms with E-state index in [2.05, 4.69) is 29.4 Å². The Bertz CT molecular complexity index is 1350. The number of fused-ring (bicyclic) bond motifs is 1. The van der Waals surface area contributed by atoms with E-state index >= 15 is 0 Å². The number of nitrogens with zero attached hydrogens (tertiary/aromatic N) is 2. The van der Waals surface area contributed by atoms with E-state index in [1.54, 1.807) is 25.1 Å². The zero-order chi connectivity index (χ0) is 22.8. The fourth-order valence-corrected chi connectivity index (χ4v) is 4.57. The number of hydrogen-bond donors (Lipinski definition) is 1. The highest BCUT2D eigenvalue weighted by atomic mass is 35.5. The number of rotatable bonds is 6. The molecule has 1 atom stereocenters. The lowest BCUT2D eigenvalue weighted by atomic mass is 10.0. The van der Waals surface area contributed by atoms with Crippen molar-refractivity contribution in [2.75, 3.05) is 12.4 Å². The van der Waals surface area contributed by atoms with E-state index in [1.807, 2.05) is 17.5 Å². The van der Waals surface area contributed by atoms with Crippen molar-refractivity contribution in [1.29, 1.82) is 0 Å². The molecule has 164 valence electrons. The fraction of sp³-hybridized carbons (Fsp3) is 0.208. The number of benzene rings is 2. The van der Waals surface area contributed by atoms with Crippen LogP contribution < -0.4 is 15.6 Å². The van der Waals surface area contributed by atoms with Crippen LogP contribution in [-0.4, -0.2) is 22.6 Å². The Labute approximate surface area is 194 Å². The summed E-state index contributed by atoms with van der Waals surface area (Å²) in [5.74, 6) is 0.101. The van der Waals surface area contributed by atoms with E-state index < -0.39 is 6.04 Å². The van der Waals surface area contributed by atoms with E-state index in [9.17, 15) is 9.59 Å². The molecule has 2 aromatic heterocycles. The number of ether oxygens (including phenoxy) is 1. The van der Waals surface area contributed by atoms with E-state index in [-0.39, 0.29) is 11.5 Å². The Morgan fingerprint density at radius 3 is 2.69 bits per heavy atom. The van der Waals surface area contributed by atoms with Crippen molar-refractivity contribution in [3.05, 3.63) is 75.1 Å². The first-order valence-corrected chi connectivity index (χ1v) is 11.4. The molecule has 2 heterocycles. The molecule has 0 saturated heterocycles. The lowest BCUT2D eigenvalue weighted by Gasteiger charge is -2.16. The lowest BCUT2D eigenvalue weighted by molar-refractivity contribution is -0.118. The molecule has 1 N–H and O–H groups in total. The number of carbonyl (C=O) groups is 1. The molecule has 0 aliphatic rings. The number of aryl methyl sites for hydroxylation is 1. The largest absolute Gasteiger partial charge is 0.495 e. The van der Waals surface area contributed by atoms with Gasteiger partial charge in [-0.05, 0) is 42.7 Å². The summed E-state index contributed by atoms with van der Waals surface area (Å²) in [5.41, 5.74) is 3.18. The van der Waals surface area contributed by atoms with Gasteiger partial charge in [0.15, 0.2) is 0 Å². The van der Waals surface area contributed by atoms with Gasteiger partial charge in [-0.2, -0.15) is 0 Å². The number of anilines is 1. The summed E-state index contributed by atoms with van der Waals surface area (Å²) >= 11 is 7.47. The predicted octanol–water partition coefficient (Wildman–Crippen LogP) is 5.55. The minimum Gasteiger partial charge on any atom is -0.495 e. The minimum atomic E-state index is -0.793. The van der Waals surface area contributed by atoms with Gasteiger partial charge < -0.3 is 10.1 Å². The van der Waals surface area contributed by atoms with Crippen LogP contribution >= 0.6 is 22.9 Å². The van der Waals surface area contributed by atoms with Gasteiger partial charge in [0.1, 0.15) is 16.6 Å². The first-order chi connectivity index (χ1) is 15.4. The highest BCUT2D eigenvalue weighted by Gasteiger charge is 2.21. The third-order valence-corrected chi connectivity index (χ3v) is 6.53. The van der Waals surface area contributed by atoms with Crippen molar-refractivity contribution in [3.63, 3.8) is 0 Å². The van der Waals surface area contributed by atoms with Crippen molar-refractivity contribution in [2.45, 2.75) is 26.3 Å². The highest BCUT2D eigenvalue weighted by Crippen LogP contribution is 2.32. The number of hydrogen-bond acceptors (Lipinski definition) is 5. The molecule has 2 aromatic carbocycles. The van der Waals surface area contributed by atoms with Gasteiger partial charge in [-0.15, -0.1) is 11.3 Å². The van der Waals surface area contributed by atoms with Gasteiger partial charge in [0.25, 0.3) is 5.56 Å². The van der Waals surface area contributed by atoms with Gasteiger partial charge in [0, 0.05) is 16.0 Å². The maximum Gasteiger partial charge on any atom is 0.263 e. The molecule has 4 rings (SSSR count). The maximum absolute atomic E-state index is 13.4. The van der Waals surface area contributed by atoms with Gasteiger partial charge in [-0.3, -0.25) is 14.2 Å². The van der Waals surface area contributed by atoms with Crippen LogP contribution in [0, 0.1) is 0 Å². The van der Waals surface area contributed by atoms with E-state index in [1.165, 1.54) is 34.9 Å². The number of aromatic nitrogens is 2. The summed E-state index contributed by atoms with van der Waals surface area (Å²) in [4.78, 5) is 31.4. The molecular formula is C24H22ClN3O3S. The molecule has 0 fully saturated rings. The average Bonchev–Trinajstić information content (AvgIpc) is 3.24. The molecule has 0 bridgehead atoms. The summed E-state index contributed by atoms with van der Waals surface area (Å²) in [5, 5.41) is 5.71. The summed E-state index contributed by atoms with van der Waals surface area (Å²) < 4.78 is 6.64. The van der Waals surface area contributed by atoms with E-state index in [4.69, 9.17) is 16.3 Å². The van der Waals surface area contributed by atoms with E-state index in [0.717, 1.165) is 17.5 Å². The zero-order valence-electron chi connectivity index (χ0n) is 17.9. The summed E-state index contributed by atoms with van der Waals surface area (Å²) in [6.45, 7) is 3.76. The number of carbonyl (C=O) groups excluding carboxylic acids is 1. The standard InChI is InChI=1S/C24H22ClN3O3S/c1-4-15-5-7-16(8-6-15)18-12-32-23-21(18)24(30)28(13-26-23)14(2)22(29)27-19-11-17(25)9-10-20(19)31-3/h5-14H,4H2,1-3H3,(H,27,29). The third kappa shape index (κ3) is 4.13. The Balaban J connectivity index is 1.70. The van der Waals surface area contributed by atoms with Gasteiger partial charge in [-0.25, -0.2) is 4.98 Å². The quantitative estimate of drug-likeness (QED) is 0.403. The summed E-state index contributed by atoms with van der Waals surface area (Å²) in [6, 6.07) is 12.3. The SMILES string of the molecule is CCc1ccc(-c2csc3ncn(C(C)C(=O)Nc4cc(Cl)ccc4OC)c(=O)c23)cc1. The van der Waals surface area contributed by atoms with Crippen LogP contribution in [0.1, 0.15) is 25.5 Å². The molecule has 1 amide bonds. The van der Waals surface area contributed by atoms with Crippen LogP contribution in [-0.2, 0) is 11.2 Å². The van der Waals surface area contributed by atoms with Crippen molar-refractivity contribution in [3.8, 4) is 16.9 Å². The van der Waals surface area contributed by atoms with Gasteiger partial charge in [-0.1, -0.05) is 42.8 Å². The fourth-order valence-electron chi connectivity index (χ4n) is 3.50. The maximum atomic E-state index is 13.4.